The maximum atomic E-state index is 5.58. The number of benzene rings is 1. The minimum atomic E-state index is 0. The van der Waals surface area contributed by atoms with E-state index in [1.54, 1.807) is 0 Å². The molecule has 0 fully saturated rings. The van der Waals surface area contributed by atoms with Crippen LogP contribution in [0.15, 0.2) is 28.8 Å². The highest BCUT2D eigenvalue weighted by Gasteiger charge is 2.09. The van der Waals surface area contributed by atoms with Crippen LogP contribution in [0.25, 0.3) is 0 Å². The molecule has 5 nitrogen and oxygen atoms in total. The Balaban J connectivity index is 0.00000264. The summed E-state index contributed by atoms with van der Waals surface area (Å²) in [6.45, 7) is 4.96. The van der Waals surface area contributed by atoms with Crippen LogP contribution >= 0.6 is 12.4 Å². The van der Waals surface area contributed by atoms with Gasteiger partial charge in [0, 0.05) is 18.9 Å². The van der Waals surface area contributed by atoms with Gasteiger partial charge in [-0.3, -0.25) is 0 Å². The van der Waals surface area contributed by atoms with Gasteiger partial charge in [-0.2, -0.15) is 4.98 Å². The summed E-state index contributed by atoms with van der Waals surface area (Å²) in [7, 11) is 1.93. The number of ether oxygens (including phenoxy) is 1. The van der Waals surface area contributed by atoms with Gasteiger partial charge in [0.15, 0.2) is 5.82 Å². The second-order valence-corrected chi connectivity index (χ2v) is 5.49. The van der Waals surface area contributed by atoms with E-state index in [0.29, 0.717) is 11.9 Å². The number of hydrogen-bond acceptors (Lipinski definition) is 5. The third-order valence-corrected chi connectivity index (χ3v) is 3.52. The van der Waals surface area contributed by atoms with Gasteiger partial charge in [-0.05, 0) is 44.5 Å². The van der Waals surface area contributed by atoms with Crippen molar-refractivity contribution in [1.82, 2.24) is 15.5 Å². The number of rotatable bonds is 9. The largest absolute Gasteiger partial charge is 0.494 e. The highest BCUT2D eigenvalue weighted by atomic mass is 35.5. The molecule has 1 aromatic heterocycles. The minimum absolute atomic E-state index is 0. The highest BCUT2D eigenvalue weighted by molar-refractivity contribution is 5.85. The van der Waals surface area contributed by atoms with Gasteiger partial charge in [0.05, 0.1) is 6.61 Å². The Kier molecular flexibility index (Phi) is 8.66. The molecule has 1 unspecified atom stereocenters. The summed E-state index contributed by atoms with van der Waals surface area (Å²) in [5, 5.41) is 7.18. The summed E-state index contributed by atoms with van der Waals surface area (Å²) < 4.78 is 10.9. The normalized spacial score (nSPS) is 11.8. The molecule has 0 aliphatic rings. The SMILES string of the molecule is CCCOc1ccc(CCc2nc(CC(C)NC)no2)cc1.Cl. The quantitative estimate of drug-likeness (QED) is 0.760. The number of aryl methyl sites for hydroxylation is 2. The van der Waals surface area contributed by atoms with Gasteiger partial charge in [0.1, 0.15) is 5.75 Å². The van der Waals surface area contributed by atoms with Gasteiger partial charge >= 0.3 is 0 Å². The van der Waals surface area contributed by atoms with Crippen LogP contribution in [0.3, 0.4) is 0 Å². The molecule has 1 N–H and O–H groups in total. The lowest BCUT2D eigenvalue weighted by molar-refractivity contribution is 0.317. The molecule has 23 heavy (non-hydrogen) atoms. The van der Waals surface area contributed by atoms with Crippen LogP contribution in [-0.4, -0.2) is 29.8 Å². The fourth-order valence-electron chi connectivity index (χ4n) is 2.07. The van der Waals surface area contributed by atoms with E-state index in [1.165, 1.54) is 5.56 Å². The maximum Gasteiger partial charge on any atom is 0.226 e. The lowest BCUT2D eigenvalue weighted by atomic mass is 10.1. The number of aromatic nitrogens is 2. The lowest BCUT2D eigenvalue weighted by Gasteiger charge is -2.05. The molecule has 2 rings (SSSR count). The van der Waals surface area contributed by atoms with Gasteiger partial charge < -0.3 is 14.6 Å². The van der Waals surface area contributed by atoms with Crippen molar-refractivity contribution in [3.05, 3.63) is 41.5 Å². The van der Waals surface area contributed by atoms with Crippen LogP contribution in [0.5, 0.6) is 5.75 Å². The Morgan fingerprint density at radius 2 is 1.96 bits per heavy atom. The molecular weight excluding hydrogens is 314 g/mol. The Morgan fingerprint density at radius 3 is 2.61 bits per heavy atom. The fraction of sp³-hybridized carbons (Fsp3) is 0.529. The molecule has 0 spiro atoms. The predicted molar refractivity (Wildman–Crippen MR) is 93.4 cm³/mol. The van der Waals surface area contributed by atoms with Crippen molar-refractivity contribution in [2.45, 2.75) is 45.6 Å². The van der Waals surface area contributed by atoms with Crippen LogP contribution in [0.4, 0.5) is 0 Å². The molecule has 0 bridgehead atoms. The number of hydrogen-bond donors (Lipinski definition) is 1. The first-order valence-electron chi connectivity index (χ1n) is 7.91. The Hall–Kier alpha value is -1.59. The number of nitrogens with zero attached hydrogens (tertiary/aromatic N) is 2. The topological polar surface area (TPSA) is 60.2 Å². The third-order valence-electron chi connectivity index (χ3n) is 3.52. The zero-order valence-corrected chi connectivity index (χ0v) is 14.9. The number of nitrogens with one attached hydrogen (secondary N) is 1. The molecule has 0 radical (unpaired) electrons. The summed E-state index contributed by atoms with van der Waals surface area (Å²) in [5.74, 6) is 2.39. The third kappa shape index (κ3) is 6.59. The first-order valence-corrected chi connectivity index (χ1v) is 7.91. The molecule has 2 aromatic rings. The molecule has 0 saturated carbocycles. The molecule has 6 heteroatoms. The second-order valence-electron chi connectivity index (χ2n) is 5.49. The monoisotopic (exact) mass is 339 g/mol. The van der Waals surface area contributed by atoms with Crippen LogP contribution in [-0.2, 0) is 19.3 Å². The van der Waals surface area contributed by atoms with E-state index in [2.05, 4.69) is 41.4 Å². The molecule has 0 saturated heterocycles. The van der Waals surface area contributed by atoms with Crippen LogP contribution in [0.2, 0.25) is 0 Å². The van der Waals surface area contributed by atoms with Gasteiger partial charge in [-0.1, -0.05) is 24.2 Å². The van der Waals surface area contributed by atoms with Crippen molar-refractivity contribution in [3.8, 4) is 5.75 Å². The molecule has 1 aromatic carbocycles. The van der Waals surface area contributed by atoms with E-state index in [-0.39, 0.29) is 12.4 Å². The zero-order chi connectivity index (χ0) is 15.8. The zero-order valence-electron chi connectivity index (χ0n) is 14.0. The average Bonchev–Trinajstić information content (AvgIpc) is 2.99. The second kappa shape index (κ2) is 10.2. The van der Waals surface area contributed by atoms with Crippen molar-refractivity contribution >= 4 is 12.4 Å². The van der Waals surface area contributed by atoms with Crippen LogP contribution < -0.4 is 10.1 Å². The molecule has 0 aliphatic carbocycles. The molecule has 0 aliphatic heterocycles. The van der Waals surface area contributed by atoms with E-state index in [9.17, 15) is 0 Å². The van der Waals surface area contributed by atoms with Gasteiger partial charge in [-0.25, -0.2) is 0 Å². The van der Waals surface area contributed by atoms with Crippen molar-refractivity contribution in [2.24, 2.45) is 0 Å². The molecule has 128 valence electrons. The standard InChI is InChI=1S/C17H25N3O2.ClH/c1-4-11-21-15-8-5-14(6-9-15)7-10-17-19-16(20-22-17)12-13(2)18-3;/h5-6,8-9,13,18H,4,7,10-12H2,1-3H3;1H. The molecule has 0 amide bonds. The maximum absolute atomic E-state index is 5.58. The Bertz CT molecular complexity index is 557. The predicted octanol–water partition coefficient (Wildman–Crippen LogP) is 3.22. The van der Waals surface area contributed by atoms with Crippen LogP contribution in [0.1, 0.15) is 37.5 Å². The van der Waals surface area contributed by atoms with Gasteiger partial charge in [0.25, 0.3) is 0 Å². The lowest BCUT2D eigenvalue weighted by Crippen LogP contribution is -2.24. The van der Waals surface area contributed by atoms with E-state index in [0.717, 1.165) is 43.9 Å². The highest BCUT2D eigenvalue weighted by Crippen LogP contribution is 2.14. The van der Waals surface area contributed by atoms with Gasteiger partial charge in [0.2, 0.25) is 5.89 Å². The number of halogens is 1. The number of likely N-dealkylation sites (N-methyl/N-ethyl adjacent to an activating group) is 1. The average molecular weight is 340 g/mol. The van der Waals surface area contributed by atoms with Crippen LogP contribution in [0, 0.1) is 0 Å². The molecular formula is C17H26ClN3O2. The van der Waals surface area contributed by atoms with Crippen molar-refractivity contribution in [3.63, 3.8) is 0 Å². The molecule has 1 heterocycles. The summed E-state index contributed by atoms with van der Waals surface area (Å²) in [5.41, 5.74) is 1.24. The smallest absolute Gasteiger partial charge is 0.226 e. The van der Waals surface area contributed by atoms with E-state index >= 15 is 0 Å². The summed E-state index contributed by atoms with van der Waals surface area (Å²) in [6, 6.07) is 8.55. The summed E-state index contributed by atoms with van der Waals surface area (Å²) >= 11 is 0. The Morgan fingerprint density at radius 1 is 1.22 bits per heavy atom. The van der Waals surface area contributed by atoms with Crippen molar-refractivity contribution in [2.75, 3.05) is 13.7 Å². The van der Waals surface area contributed by atoms with Gasteiger partial charge in [-0.15, -0.1) is 12.4 Å². The molecule has 1 atom stereocenters. The van der Waals surface area contributed by atoms with Crippen molar-refractivity contribution in [1.29, 1.82) is 0 Å². The summed E-state index contributed by atoms with van der Waals surface area (Å²) in [6.07, 6.45) is 3.45. The fourth-order valence-corrected chi connectivity index (χ4v) is 2.07. The first-order chi connectivity index (χ1) is 10.7. The van der Waals surface area contributed by atoms with Crippen molar-refractivity contribution < 1.29 is 9.26 Å². The minimum Gasteiger partial charge on any atom is -0.494 e. The van der Waals surface area contributed by atoms with E-state index < -0.39 is 0 Å². The summed E-state index contributed by atoms with van der Waals surface area (Å²) in [4.78, 5) is 4.43. The Labute approximate surface area is 144 Å². The van der Waals surface area contributed by atoms with E-state index in [1.807, 2.05) is 19.2 Å². The van der Waals surface area contributed by atoms with E-state index in [4.69, 9.17) is 9.26 Å². The first kappa shape index (κ1) is 19.5.